The van der Waals surface area contributed by atoms with E-state index < -0.39 is 0 Å². The van der Waals surface area contributed by atoms with Crippen molar-refractivity contribution < 1.29 is 9.59 Å². The third kappa shape index (κ3) is 3.70. The summed E-state index contributed by atoms with van der Waals surface area (Å²) in [7, 11) is 1.96. The highest BCUT2D eigenvalue weighted by Crippen LogP contribution is 2.18. The van der Waals surface area contributed by atoms with Crippen molar-refractivity contribution >= 4 is 29.2 Å². The van der Waals surface area contributed by atoms with Gasteiger partial charge in [0.25, 0.3) is 5.91 Å². The van der Waals surface area contributed by atoms with E-state index in [1.54, 1.807) is 29.2 Å². The van der Waals surface area contributed by atoms with Crippen LogP contribution in [0.4, 0.5) is 10.5 Å². The molecule has 0 bridgehead atoms. The predicted octanol–water partition coefficient (Wildman–Crippen LogP) is 3.29. The standard InChI is InChI=1S/C19H23ClN4O2/c1-13-12-17(14(2)22(13)3)18(25)23-8-10-24(11-9-23)19(26)21-16-6-4-15(20)5-7-16/h4-7,12H,8-11H2,1-3H3,(H,21,26). The second kappa shape index (κ2) is 7.41. The molecule has 0 saturated carbocycles. The number of benzene rings is 1. The number of urea groups is 1. The summed E-state index contributed by atoms with van der Waals surface area (Å²) in [6, 6.07) is 8.76. The lowest BCUT2D eigenvalue weighted by Crippen LogP contribution is -2.51. The van der Waals surface area contributed by atoms with Crippen molar-refractivity contribution in [3.63, 3.8) is 0 Å². The maximum Gasteiger partial charge on any atom is 0.321 e. The van der Waals surface area contributed by atoms with E-state index in [4.69, 9.17) is 11.6 Å². The van der Waals surface area contributed by atoms with E-state index in [-0.39, 0.29) is 11.9 Å². The predicted molar refractivity (Wildman–Crippen MR) is 103 cm³/mol. The first-order chi connectivity index (χ1) is 12.4. The van der Waals surface area contributed by atoms with Gasteiger partial charge in [0.05, 0.1) is 5.56 Å². The summed E-state index contributed by atoms with van der Waals surface area (Å²) in [4.78, 5) is 28.7. The maximum atomic E-state index is 12.8. The van der Waals surface area contributed by atoms with Crippen LogP contribution >= 0.6 is 11.6 Å². The van der Waals surface area contributed by atoms with Crippen LogP contribution in [0.2, 0.25) is 5.02 Å². The third-order valence-electron chi connectivity index (χ3n) is 4.96. The molecule has 1 fully saturated rings. The molecule has 1 saturated heterocycles. The number of nitrogens with one attached hydrogen (secondary N) is 1. The molecule has 0 unspecified atom stereocenters. The Hall–Kier alpha value is -2.47. The minimum atomic E-state index is -0.161. The molecule has 2 aromatic rings. The highest BCUT2D eigenvalue weighted by atomic mass is 35.5. The molecule has 0 spiro atoms. The number of piperazine rings is 1. The van der Waals surface area contributed by atoms with E-state index in [9.17, 15) is 9.59 Å². The summed E-state index contributed by atoms with van der Waals surface area (Å²) in [6.45, 7) is 6.02. The molecule has 3 amide bonds. The molecular weight excluding hydrogens is 352 g/mol. The molecule has 26 heavy (non-hydrogen) atoms. The Labute approximate surface area is 158 Å². The van der Waals surface area contributed by atoms with Crippen LogP contribution in [0.5, 0.6) is 0 Å². The second-order valence-electron chi connectivity index (χ2n) is 6.56. The van der Waals surface area contributed by atoms with Crippen LogP contribution in [0.25, 0.3) is 0 Å². The Morgan fingerprint density at radius 3 is 2.12 bits per heavy atom. The zero-order valence-electron chi connectivity index (χ0n) is 15.3. The highest BCUT2D eigenvalue weighted by molar-refractivity contribution is 6.30. The molecule has 1 aromatic heterocycles. The number of anilines is 1. The van der Waals surface area contributed by atoms with E-state index in [1.165, 1.54) is 0 Å². The molecule has 1 aliphatic heterocycles. The number of aryl methyl sites for hydroxylation is 1. The van der Waals surface area contributed by atoms with Gasteiger partial charge in [0.2, 0.25) is 0 Å². The van der Waals surface area contributed by atoms with Crippen LogP contribution in [0.3, 0.4) is 0 Å². The third-order valence-corrected chi connectivity index (χ3v) is 5.21. The van der Waals surface area contributed by atoms with Gasteiger partial charge in [-0.25, -0.2) is 4.79 Å². The average molecular weight is 375 g/mol. The molecule has 1 aromatic carbocycles. The minimum absolute atomic E-state index is 0.0314. The zero-order chi connectivity index (χ0) is 18.8. The van der Waals surface area contributed by atoms with E-state index in [2.05, 4.69) is 5.32 Å². The van der Waals surface area contributed by atoms with Gasteiger partial charge in [-0.1, -0.05) is 11.6 Å². The van der Waals surface area contributed by atoms with Crippen LogP contribution in [0.1, 0.15) is 21.7 Å². The first-order valence-corrected chi connectivity index (χ1v) is 8.98. The quantitative estimate of drug-likeness (QED) is 0.876. The van der Waals surface area contributed by atoms with Crippen molar-refractivity contribution in [2.45, 2.75) is 13.8 Å². The summed E-state index contributed by atoms with van der Waals surface area (Å²) in [5, 5.41) is 3.48. The molecule has 138 valence electrons. The molecule has 0 aliphatic carbocycles. The van der Waals surface area contributed by atoms with Crippen molar-refractivity contribution in [3.05, 3.63) is 52.3 Å². The highest BCUT2D eigenvalue weighted by Gasteiger charge is 2.26. The van der Waals surface area contributed by atoms with Crippen LogP contribution in [-0.2, 0) is 7.05 Å². The van der Waals surface area contributed by atoms with Crippen LogP contribution in [0, 0.1) is 13.8 Å². The minimum Gasteiger partial charge on any atom is -0.351 e. The van der Waals surface area contributed by atoms with Crippen molar-refractivity contribution in [3.8, 4) is 0 Å². The van der Waals surface area contributed by atoms with Gasteiger partial charge in [0.1, 0.15) is 0 Å². The maximum absolute atomic E-state index is 12.8. The summed E-state index contributed by atoms with van der Waals surface area (Å²) in [6.07, 6.45) is 0. The Bertz CT molecular complexity index is 821. The fourth-order valence-electron chi connectivity index (χ4n) is 3.09. The van der Waals surface area contributed by atoms with Crippen molar-refractivity contribution in [2.75, 3.05) is 31.5 Å². The number of carbonyl (C=O) groups is 2. The number of aromatic nitrogens is 1. The lowest BCUT2D eigenvalue weighted by atomic mass is 10.2. The van der Waals surface area contributed by atoms with Crippen LogP contribution in [-0.4, -0.2) is 52.5 Å². The van der Waals surface area contributed by atoms with Gasteiger partial charge in [-0.05, 0) is 44.2 Å². The SMILES string of the molecule is Cc1cc(C(=O)N2CCN(C(=O)Nc3ccc(Cl)cc3)CC2)c(C)n1C. The molecule has 3 rings (SSSR count). The number of halogens is 1. The van der Waals surface area contributed by atoms with Gasteiger partial charge in [-0.15, -0.1) is 0 Å². The lowest BCUT2D eigenvalue weighted by molar-refractivity contribution is 0.0671. The van der Waals surface area contributed by atoms with Gasteiger partial charge in [-0.2, -0.15) is 0 Å². The van der Waals surface area contributed by atoms with Crippen molar-refractivity contribution in [2.24, 2.45) is 7.05 Å². The number of carbonyl (C=O) groups excluding carboxylic acids is 2. The summed E-state index contributed by atoms with van der Waals surface area (Å²) in [5.74, 6) is 0.0314. The molecule has 1 aliphatic rings. The first kappa shape index (κ1) is 18.3. The average Bonchev–Trinajstić information content (AvgIpc) is 2.90. The van der Waals surface area contributed by atoms with Crippen molar-refractivity contribution in [1.29, 1.82) is 0 Å². The number of hydrogen-bond donors (Lipinski definition) is 1. The van der Waals surface area contributed by atoms with Gasteiger partial charge in [-0.3, -0.25) is 4.79 Å². The fraction of sp³-hybridized carbons (Fsp3) is 0.368. The zero-order valence-corrected chi connectivity index (χ0v) is 16.0. The van der Waals surface area contributed by atoms with Gasteiger partial charge < -0.3 is 19.7 Å². The molecule has 0 radical (unpaired) electrons. The lowest BCUT2D eigenvalue weighted by Gasteiger charge is -2.34. The van der Waals surface area contributed by atoms with E-state index in [1.807, 2.05) is 36.4 Å². The van der Waals surface area contributed by atoms with Crippen LogP contribution < -0.4 is 5.32 Å². The number of rotatable bonds is 2. The number of amides is 3. The van der Waals surface area contributed by atoms with Gasteiger partial charge >= 0.3 is 6.03 Å². The number of nitrogens with zero attached hydrogens (tertiary/aromatic N) is 3. The Morgan fingerprint density at radius 1 is 1.00 bits per heavy atom. The Balaban J connectivity index is 1.58. The number of hydrogen-bond acceptors (Lipinski definition) is 2. The summed E-state index contributed by atoms with van der Waals surface area (Å²) >= 11 is 5.85. The summed E-state index contributed by atoms with van der Waals surface area (Å²) < 4.78 is 2.02. The molecular formula is C19H23ClN4O2. The normalized spacial score (nSPS) is 14.5. The van der Waals surface area contributed by atoms with E-state index >= 15 is 0 Å². The van der Waals surface area contributed by atoms with E-state index in [0.717, 1.165) is 17.0 Å². The van der Waals surface area contributed by atoms with Gasteiger partial charge in [0, 0.05) is 55.3 Å². The molecule has 1 N–H and O–H groups in total. The topological polar surface area (TPSA) is 57.6 Å². The molecule has 6 nitrogen and oxygen atoms in total. The molecule has 2 heterocycles. The molecule has 7 heteroatoms. The first-order valence-electron chi connectivity index (χ1n) is 8.60. The fourth-order valence-corrected chi connectivity index (χ4v) is 3.22. The smallest absolute Gasteiger partial charge is 0.321 e. The van der Waals surface area contributed by atoms with Crippen LogP contribution in [0.15, 0.2) is 30.3 Å². The second-order valence-corrected chi connectivity index (χ2v) is 7.00. The Kier molecular flexibility index (Phi) is 5.23. The largest absolute Gasteiger partial charge is 0.351 e. The summed E-state index contributed by atoms with van der Waals surface area (Å²) in [5.41, 5.74) is 3.47. The monoisotopic (exact) mass is 374 g/mol. The Morgan fingerprint density at radius 2 is 1.58 bits per heavy atom. The molecule has 0 atom stereocenters. The van der Waals surface area contributed by atoms with E-state index in [0.29, 0.717) is 36.9 Å². The van der Waals surface area contributed by atoms with Crippen molar-refractivity contribution in [1.82, 2.24) is 14.4 Å². The van der Waals surface area contributed by atoms with Gasteiger partial charge in [0.15, 0.2) is 0 Å².